The molecule has 0 amide bonds. The maximum absolute atomic E-state index is 9.25. The molecule has 0 bridgehead atoms. The van der Waals surface area contributed by atoms with Crippen LogP contribution in [0.25, 0.3) is 0 Å². The van der Waals surface area contributed by atoms with Crippen LogP contribution in [0.5, 0.6) is 0 Å². The van der Waals surface area contributed by atoms with Gasteiger partial charge in [0.05, 0.1) is 6.10 Å². The summed E-state index contributed by atoms with van der Waals surface area (Å²) in [5, 5.41) is 9.25. The van der Waals surface area contributed by atoms with Gasteiger partial charge in [-0.2, -0.15) is 0 Å². The van der Waals surface area contributed by atoms with Crippen LogP contribution in [0, 0.1) is 0 Å². The molecule has 0 aromatic carbocycles. The lowest BCUT2D eigenvalue weighted by Crippen LogP contribution is -2.43. The fourth-order valence-electron chi connectivity index (χ4n) is 1.58. The van der Waals surface area contributed by atoms with E-state index in [9.17, 15) is 5.11 Å². The van der Waals surface area contributed by atoms with Crippen LogP contribution in [0.2, 0.25) is 38.8 Å². The zero-order valence-corrected chi connectivity index (χ0v) is 11.1. The van der Waals surface area contributed by atoms with E-state index in [0.29, 0.717) is 0 Å². The summed E-state index contributed by atoms with van der Waals surface area (Å²) in [6.45, 7) is 12.8. The van der Waals surface area contributed by atoms with E-state index in [0.717, 1.165) is 6.04 Å². The number of aliphatic hydroxyl groups is 1. The van der Waals surface area contributed by atoms with Gasteiger partial charge in [0.25, 0.3) is 0 Å². The molecule has 4 heteroatoms. The maximum Gasteiger partial charge on any atom is 0.175 e. The highest BCUT2D eigenvalue weighted by Crippen LogP contribution is 2.19. The van der Waals surface area contributed by atoms with Crippen LogP contribution in [-0.4, -0.2) is 27.8 Å². The number of hydrogen-bond donors (Lipinski definition) is 1. The molecule has 0 aliphatic carbocycles. The quantitative estimate of drug-likeness (QED) is 0.716. The van der Waals surface area contributed by atoms with E-state index in [-0.39, 0.29) is 6.10 Å². The molecule has 0 spiro atoms. The van der Waals surface area contributed by atoms with Crippen molar-refractivity contribution in [3.63, 3.8) is 0 Å². The van der Waals surface area contributed by atoms with E-state index in [1.807, 2.05) is 6.92 Å². The van der Waals surface area contributed by atoms with Gasteiger partial charge in [-0.1, -0.05) is 0 Å². The van der Waals surface area contributed by atoms with Gasteiger partial charge in [0.2, 0.25) is 0 Å². The van der Waals surface area contributed by atoms with E-state index < -0.39 is 16.6 Å². The molecule has 74 valence electrons. The predicted octanol–water partition coefficient (Wildman–Crippen LogP) is 2.42. The largest absolute Gasteiger partial charge is 0.456 e. The molecular weight excluding hydrogens is 184 g/mol. The van der Waals surface area contributed by atoms with Crippen molar-refractivity contribution in [1.82, 2.24) is 0 Å². The third kappa shape index (κ3) is 7.03. The molecule has 0 aromatic heterocycles. The van der Waals surface area contributed by atoms with Gasteiger partial charge in [-0.3, -0.25) is 0 Å². The molecule has 0 aliphatic rings. The van der Waals surface area contributed by atoms with Gasteiger partial charge < -0.3 is 9.22 Å². The number of rotatable bonds is 4. The summed E-state index contributed by atoms with van der Waals surface area (Å²) in [7, 11) is -3.00. The molecule has 0 aliphatic heterocycles. The molecule has 1 atom stereocenters. The molecule has 1 unspecified atom stereocenters. The summed E-state index contributed by atoms with van der Waals surface area (Å²) in [4.78, 5) is 0. The Balaban J connectivity index is 4.04. The Kier molecular flexibility index (Phi) is 4.16. The molecule has 0 fully saturated rings. The second kappa shape index (κ2) is 4.04. The lowest BCUT2D eigenvalue weighted by atomic mass is 10.5. The molecule has 12 heavy (non-hydrogen) atoms. The Hall–Kier alpha value is 0.354. The van der Waals surface area contributed by atoms with Crippen molar-refractivity contribution in [3.8, 4) is 0 Å². The van der Waals surface area contributed by atoms with Gasteiger partial charge in [-0.15, -0.1) is 0 Å². The van der Waals surface area contributed by atoms with Crippen LogP contribution in [0.15, 0.2) is 0 Å². The second-order valence-electron chi connectivity index (χ2n) is 5.03. The SMILES string of the molecule is CC(O)C[Si](C)(C)O[Si](C)(C)C. The van der Waals surface area contributed by atoms with Crippen LogP contribution in [0.4, 0.5) is 0 Å². The van der Waals surface area contributed by atoms with E-state index in [2.05, 4.69) is 32.7 Å². The van der Waals surface area contributed by atoms with Crippen LogP contribution < -0.4 is 0 Å². The zero-order chi connectivity index (χ0) is 9.99. The average Bonchev–Trinajstić information content (AvgIpc) is 1.48. The summed E-state index contributed by atoms with van der Waals surface area (Å²) in [5.74, 6) is 0. The molecule has 0 aromatic rings. The third-order valence-electron chi connectivity index (χ3n) is 1.37. The lowest BCUT2D eigenvalue weighted by molar-refractivity contribution is 0.210. The van der Waals surface area contributed by atoms with E-state index in [1.165, 1.54) is 0 Å². The van der Waals surface area contributed by atoms with E-state index in [1.54, 1.807) is 0 Å². The molecular formula is C8H22O2Si2. The molecule has 0 radical (unpaired) electrons. The molecule has 0 heterocycles. The summed E-state index contributed by atoms with van der Waals surface area (Å²) in [5.41, 5.74) is 0. The Morgan fingerprint density at radius 3 is 1.83 bits per heavy atom. The van der Waals surface area contributed by atoms with Crippen molar-refractivity contribution < 1.29 is 9.22 Å². The predicted molar refractivity (Wildman–Crippen MR) is 58.4 cm³/mol. The Morgan fingerprint density at radius 2 is 1.58 bits per heavy atom. The summed E-state index contributed by atoms with van der Waals surface area (Å²) in [6, 6.07) is 0.845. The zero-order valence-electron chi connectivity index (χ0n) is 9.14. The second-order valence-corrected chi connectivity index (χ2v) is 14.0. The molecule has 1 N–H and O–H groups in total. The van der Waals surface area contributed by atoms with Gasteiger partial charge in [0, 0.05) is 0 Å². The minimum atomic E-state index is -1.59. The van der Waals surface area contributed by atoms with Crippen LogP contribution >= 0.6 is 0 Å². The number of aliphatic hydroxyl groups excluding tert-OH is 1. The standard InChI is InChI=1S/C8H22O2Si2/c1-8(9)7-12(5,6)10-11(2,3)4/h8-9H,7H2,1-6H3. The Bertz CT molecular complexity index is 138. The summed E-state index contributed by atoms with van der Waals surface area (Å²) in [6.07, 6.45) is -0.219. The van der Waals surface area contributed by atoms with Crippen molar-refractivity contribution in [2.75, 3.05) is 0 Å². The van der Waals surface area contributed by atoms with Gasteiger partial charge in [0.1, 0.15) is 0 Å². The Morgan fingerprint density at radius 1 is 1.17 bits per heavy atom. The Labute approximate surface area is 78.2 Å². The van der Waals surface area contributed by atoms with Crippen LogP contribution in [-0.2, 0) is 4.12 Å². The minimum Gasteiger partial charge on any atom is -0.456 e. The maximum atomic E-state index is 9.25. The fraction of sp³-hybridized carbons (Fsp3) is 1.00. The molecule has 0 saturated carbocycles. The first kappa shape index (κ1) is 12.4. The van der Waals surface area contributed by atoms with Crippen molar-refractivity contribution >= 4 is 16.6 Å². The molecule has 0 rings (SSSR count). The summed E-state index contributed by atoms with van der Waals surface area (Å²) >= 11 is 0. The van der Waals surface area contributed by atoms with Crippen molar-refractivity contribution in [2.45, 2.75) is 51.8 Å². The first-order valence-corrected chi connectivity index (χ1v) is 11.0. The van der Waals surface area contributed by atoms with Crippen molar-refractivity contribution in [1.29, 1.82) is 0 Å². The van der Waals surface area contributed by atoms with Crippen molar-refractivity contribution in [3.05, 3.63) is 0 Å². The topological polar surface area (TPSA) is 29.5 Å². The monoisotopic (exact) mass is 206 g/mol. The normalized spacial score (nSPS) is 16.2. The van der Waals surface area contributed by atoms with Gasteiger partial charge in [-0.05, 0) is 45.7 Å². The molecule has 2 nitrogen and oxygen atoms in total. The molecule has 0 saturated heterocycles. The summed E-state index contributed by atoms with van der Waals surface area (Å²) < 4.78 is 6.05. The van der Waals surface area contributed by atoms with Crippen molar-refractivity contribution in [2.24, 2.45) is 0 Å². The van der Waals surface area contributed by atoms with Gasteiger partial charge in [-0.25, -0.2) is 0 Å². The minimum absolute atomic E-state index is 0.219. The lowest BCUT2D eigenvalue weighted by Gasteiger charge is -2.32. The number of hydrogen-bond acceptors (Lipinski definition) is 2. The van der Waals surface area contributed by atoms with Crippen LogP contribution in [0.3, 0.4) is 0 Å². The average molecular weight is 206 g/mol. The smallest absolute Gasteiger partial charge is 0.175 e. The fourth-order valence-corrected chi connectivity index (χ4v) is 9.97. The van der Waals surface area contributed by atoms with Gasteiger partial charge in [0.15, 0.2) is 16.6 Å². The first-order valence-electron chi connectivity index (χ1n) is 4.51. The third-order valence-corrected chi connectivity index (χ3v) is 7.60. The first-order chi connectivity index (χ1) is 5.12. The van der Waals surface area contributed by atoms with E-state index in [4.69, 9.17) is 4.12 Å². The van der Waals surface area contributed by atoms with E-state index >= 15 is 0 Å². The highest BCUT2D eigenvalue weighted by Gasteiger charge is 2.30. The highest BCUT2D eigenvalue weighted by atomic mass is 28.4. The van der Waals surface area contributed by atoms with Gasteiger partial charge >= 0.3 is 0 Å². The highest BCUT2D eigenvalue weighted by molar-refractivity contribution is 6.84. The van der Waals surface area contributed by atoms with Crippen LogP contribution in [0.1, 0.15) is 6.92 Å².